The smallest absolute Gasteiger partial charge is 0.0951 e. The fraction of sp³-hybridized carbons (Fsp3) is 0.545. The summed E-state index contributed by atoms with van der Waals surface area (Å²) in [6.45, 7) is 0. The summed E-state index contributed by atoms with van der Waals surface area (Å²) in [5.41, 5.74) is 8.36. The van der Waals surface area contributed by atoms with Gasteiger partial charge < -0.3 is 10.3 Å². The Morgan fingerprint density at radius 1 is 1.50 bits per heavy atom. The van der Waals surface area contributed by atoms with Crippen molar-refractivity contribution in [3.63, 3.8) is 0 Å². The summed E-state index contributed by atoms with van der Waals surface area (Å²) in [6.07, 6.45) is 10.8. The lowest BCUT2D eigenvalue weighted by Crippen LogP contribution is -2.15. The Kier molecular flexibility index (Phi) is 2.68. The number of allylic oxidation sites excluding steroid dienone is 1. The van der Waals surface area contributed by atoms with Crippen LogP contribution in [0.25, 0.3) is 5.57 Å². The Labute approximate surface area is 84.6 Å². The maximum absolute atomic E-state index is 5.96. The number of rotatable bonds is 1. The molecule has 76 valence electrons. The lowest BCUT2D eigenvalue weighted by atomic mass is 10.1. The highest BCUT2D eigenvalue weighted by Gasteiger charge is 2.11. The Bertz CT molecular complexity index is 338. The van der Waals surface area contributed by atoms with Crippen LogP contribution < -0.4 is 5.73 Å². The van der Waals surface area contributed by atoms with Crippen molar-refractivity contribution in [2.45, 2.75) is 31.7 Å². The summed E-state index contributed by atoms with van der Waals surface area (Å²) in [7, 11) is 1.99. The molecule has 1 aliphatic rings. The zero-order valence-corrected chi connectivity index (χ0v) is 8.61. The van der Waals surface area contributed by atoms with Gasteiger partial charge in [0.15, 0.2) is 0 Å². The zero-order chi connectivity index (χ0) is 9.97. The van der Waals surface area contributed by atoms with E-state index in [1.54, 1.807) is 0 Å². The molecule has 1 unspecified atom stereocenters. The maximum Gasteiger partial charge on any atom is 0.0951 e. The molecule has 14 heavy (non-hydrogen) atoms. The maximum atomic E-state index is 5.96. The van der Waals surface area contributed by atoms with Crippen molar-refractivity contribution in [3.05, 3.63) is 24.3 Å². The van der Waals surface area contributed by atoms with Crippen LogP contribution in [0.5, 0.6) is 0 Å². The predicted octanol–water partition coefficient (Wildman–Crippen LogP) is 1.70. The van der Waals surface area contributed by atoms with Gasteiger partial charge in [-0.2, -0.15) is 0 Å². The first-order valence-electron chi connectivity index (χ1n) is 5.20. The molecule has 1 atom stereocenters. The van der Waals surface area contributed by atoms with Gasteiger partial charge in [0.2, 0.25) is 0 Å². The predicted molar refractivity (Wildman–Crippen MR) is 57.6 cm³/mol. The molecule has 1 heterocycles. The van der Waals surface area contributed by atoms with Crippen LogP contribution in [-0.2, 0) is 7.05 Å². The fourth-order valence-electron chi connectivity index (χ4n) is 1.91. The highest BCUT2D eigenvalue weighted by Crippen LogP contribution is 2.23. The molecule has 0 bridgehead atoms. The molecule has 0 fully saturated rings. The first-order chi connectivity index (χ1) is 6.75. The SMILES string of the molecule is Cn1cnc(C2=CC(N)CCCC2)c1. The number of aromatic nitrogens is 2. The summed E-state index contributed by atoms with van der Waals surface area (Å²) in [4.78, 5) is 4.35. The van der Waals surface area contributed by atoms with Crippen molar-refractivity contribution in [1.29, 1.82) is 0 Å². The topological polar surface area (TPSA) is 43.8 Å². The van der Waals surface area contributed by atoms with E-state index in [9.17, 15) is 0 Å². The highest BCUT2D eigenvalue weighted by molar-refractivity contribution is 5.62. The van der Waals surface area contributed by atoms with Crippen LogP contribution >= 0.6 is 0 Å². The van der Waals surface area contributed by atoms with Crippen LogP contribution in [0.2, 0.25) is 0 Å². The van der Waals surface area contributed by atoms with Crippen LogP contribution in [-0.4, -0.2) is 15.6 Å². The molecule has 0 spiro atoms. The van der Waals surface area contributed by atoms with Crippen molar-refractivity contribution in [3.8, 4) is 0 Å². The van der Waals surface area contributed by atoms with Gasteiger partial charge in [-0.1, -0.05) is 12.5 Å². The van der Waals surface area contributed by atoms with E-state index in [1.807, 2.05) is 17.9 Å². The highest BCUT2D eigenvalue weighted by atomic mass is 15.0. The Morgan fingerprint density at radius 2 is 2.36 bits per heavy atom. The van der Waals surface area contributed by atoms with Gasteiger partial charge in [-0.05, 0) is 24.8 Å². The average Bonchev–Trinajstić information content (AvgIpc) is 2.45. The second-order valence-electron chi connectivity index (χ2n) is 4.03. The standard InChI is InChI=1S/C11H17N3/c1-14-7-11(13-8-14)9-4-2-3-5-10(12)6-9/h6-8,10H,2-5,12H2,1H3. The molecule has 0 amide bonds. The molecule has 2 N–H and O–H groups in total. The van der Waals surface area contributed by atoms with Gasteiger partial charge in [-0.3, -0.25) is 0 Å². The fourth-order valence-corrected chi connectivity index (χ4v) is 1.91. The molecule has 1 aliphatic carbocycles. The monoisotopic (exact) mass is 191 g/mol. The lowest BCUT2D eigenvalue weighted by molar-refractivity contribution is 0.658. The lowest BCUT2D eigenvalue weighted by Gasteiger charge is -2.03. The minimum atomic E-state index is 0.217. The molecular weight excluding hydrogens is 174 g/mol. The Morgan fingerprint density at radius 3 is 3.07 bits per heavy atom. The van der Waals surface area contributed by atoms with Crippen molar-refractivity contribution < 1.29 is 0 Å². The molecule has 0 aliphatic heterocycles. The second-order valence-corrected chi connectivity index (χ2v) is 4.03. The number of hydrogen-bond donors (Lipinski definition) is 1. The van der Waals surface area contributed by atoms with E-state index >= 15 is 0 Å². The zero-order valence-electron chi connectivity index (χ0n) is 8.61. The quantitative estimate of drug-likeness (QED) is 0.734. The van der Waals surface area contributed by atoms with Crippen molar-refractivity contribution in [2.75, 3.05) is 0 Å². The van der Waals surface area contributed by atoms with E-state index in [4.69, 9.17) is 5.73 Å². The Hall–Kier alpha value is -1.09. The van der Waals surface area contributed by atoms with E-state index in [-0.39, 0.29) is 6.04 Å². The molecular formula is C11H17N3. The molecule has 3 heteroatoms. The first kappa shape index (κ1) is 9.46. The summed E-state index contributed by atoms with van der Waals surface area (Å²) in [5.74, 6) is 0. The summed E-state index contributed by atoms with van der Waals surface area (Å²) >= 11 is 0. The van der Waals surface area contributed by atoms with Gasteiger partial charge in [0.25, 0.3) is 0 Å². The van der Waals surface area contributed by atoms with E-state index < -0.39 is 0 Å². The van der Waals surface area contributed by atoms with E-state index in [0.29, 0.717) is 0 Å². The van der Waals surface area contributed by atoms with Gasteiger partial charge in [0, 0.05) is 19.3 Å². The van der Waals surface area contributed by atoms with Gasteiger partial charge in [-0.15, -0.1) is 0 Å². The number of nitrogens with two attached hydrogens (primary N) is 1. The van der Waals surface area contributed by atoms with Gasteiger partial charge in [0.05, 0.1) is 12.0 Å². The van der Waals surface area contributed by atoms with Gasteiger partial charge in [0.1, 0.15) is 0 Å². The normalized spacial score (nSPS) is 23.0. The minimum Gasteiger partial charge on any atom is -0.340 e. The summed E-state index contributed by atoms with van der Waals surface area (Å²) < 4.78 is 1.98. The molecule has 1 aromatic rings. The molecule has 3 nitrogen and oxygen atoms in total. The van der Waals surface area contributed by atoms with Crippen molar-refractivity contribution in [2.24, 2.45) is 12.8 Å². The number of aryl methyl sites for hydroxylation is 1. The van der Waals surface area contributed by atoms with E-state index in [0.717, 1.165) is 18.5 Å². The van der Waals surface area contributed by atoms with Gasteiger partial charge >= 0.3 is 0 Å². The molecule has 0 radical (unpaired) electrons. The third-order valence-electron chi connectivity index (χ3n) is 2.68. The van der Waals surface area contributed by atoms with Crippen molar-refractivity contribution >= 4 is 5.57 Å². The van der Waals surface area contributed by atoms with E-state index in [2.05, 4.69) is 17.3 Å². The molecule has 0 saturated heterocycles. The third kappa shape index (κ3) is 2.04. The summed E-state index contributed by atoms with van der Waals surface area (Å²) in [6, 6.07) is 0.217. The number of nitrogens with zero attached hydrogens (tertiary/aromatic N) is 2. The van der Waals surface area contributed by atoms with Gasteiger partial charge in [-0.25, -0.2) is 4.98 Å². The van der Waals surface area contributed by atoms with Crippen LogP contribution in [0.4, 0.5) is 0 Å². The molecule has 0 aromatic carbocycles. The largest absolute Gasteiger partial charge is 0.340 e. The summed E-state index contributed by atoms with van der Waals surface area (Å²) in [5, 5.41) is 0. The molecule has 1 aromatic heterocycles. The second kappa shape index (κ2) is 3.96. The third-order valence-corrected chi connectivity index (χ3v) is 2.68. The first-order valence-corrected chi connectivity index (χ1v) is 5.20. The Balaban J connectivity index is 2.23. The number of hydrogen-bond acceptors (Lipinski definition) is 2. The molecule has 0 saturated carbocycles. The number of imidazole rings is 1. The van der Waals surface area contributed by atoms with Crippen molar-refractivity contribution in [1.82, 2.24) is 9.55 Å². The van der Waals surface area contributed by atoms with Crippen LogP contribution in [0.1, 0.15) is 31.4 Å². The van der Waals surface area contributed by atoms with Crippen LogP contribution in [0.3, 0.4) is 0 Å². The van der Waals surface area contributed by atoms with Crippen LogP contribution in [0.15, 0.2) is 18.6 Å². The minimum absolute atomic E-state index is 0.217. The average molecular weight is 191 g/mol. The van der Waals surface area contributed by atoms with E-state index in [1.165, 1.54) is 18.4 Å². The molecule has 2 rings (SSSR count). The van der Waals surface area contributed by atoms with Crippen LogP contribution in [0, 0.1) is 0 Å².